The third kappa shape index (κ3) is 3.71. The van der Waals surface area contributed by atoms with E-state index in [1.807, 2.05) is 49.4 Å². The number of ether oxygens (including phenoxy) is 1. The molecule has 0 bridgehead atoms. The fourth-order valence-electron chi connectivity index (χ4n) is 2.90. The normalized spacial score (nSPS) is 16.5. The van der Waals surface area contributed by atoms with Crippen molar-refractivity contribution in [2.75, 3.05) is 11.9 Å². The Balaban J connectivity index is 1.63. The van der Waals surface area contributed by atoms with Crippen LogP contribution in [0.15, 0.2) is 42.5 Å². The molecular weight excluding hydrogens is 290 g/mol. The molecule has 1 amide bonds. The van der Waals surface area contributed by atoms with Crippen molar-refractivity contribution < 1.29 is 14.6 Å². The number of carbonyl (C=O) groups excluding carboxylic acids is 1. The molecule has 0 radical (unpaired) electrons. The average molecular weight is 311 g/mol. The number of aryl methyl sites for hydroxylation is 1. The lowest BCUT2D eigenvalue weighted by Gasteiger charge is -2.23. The summed E-state index contributed by atoms with van der Waals surface area (Å²) in [5.74, 6) is 0.503. The molecule has 23 heavy (non-hydrogen) atoms. The van der Waals surface area contributed by atoms with Crippen LogP contribution in [-0.2, 0) is 11.2 Å². The van der Waals surface area contributed by atoms with Crippen molar-refractivity contribution in [3.05, 3.63) is 59.2 Å². The van der Waals surface area contributed by atoms with E-state index in [-0.39, 0.29) is 12.5 Å². The molecule has 2 aromatic carbocycles. The van der Waals surface area contributed by atoms with Crippen LogP contribution in [0.5, 0.6) is 5.75 Å². The van der Waals surface area contributed by atoms with Crippen LogP contribution in [0.25, 0.3) is 0 Å². The van der Waals surface area contributed by atoms with Gasteiger partial charge in [-0.05, 0) is 55.5 Å². The van der Waals surface area contributed by atoms with Crippen LogP contribution in [0.3, 0.4) is 0 Å². The van der Waals surface area contributed by atoms with Gasteiger partial charge in [0.15, 0.2) is 6.61 Å². The summed E-state index contributed by atoms with van der Waals surface area (Å²) in [6, 6.07) is 13.3. The standard InChI is InChI=1S/C19H21NO3/c1-13-8-10-14(11-9-13)20-19(22)12-23-18-7-3-4-15-16(18)5-2-6-17(15)21/h3-4,7-11,17,21H,2,5-6,12H2,1H3,(H,20,22)/t17-/m0/s1. The molecule has 120 valence electrons. The minimum atomic E-state index is -0.427. The number of rotatable bonds is 4. The molecule has 0 saturated carbocycles. The summed E-state index contributed by atoms with van der Waals surface area (Å²) < 4.78 is 5.69. The monoisotopic (exact) mass is 311 g/mol. The third-order valence-corrected chi connectivity index (χ3v) is 4.13. The van der Waals surface area contributed by atoms with Gasteiger partial charge in [-0.3, -0.25) is 4.79 Å². The van der Waals surface area contributed by atoms with Crippen molar-refractivity contribution >= 4 is 11.6 Å². The molecule has 0 heterocycles. The van der Waals surface area contributed by atoms with Crippen molar-refractivity contribution in [1.82, 2.24) is 0 Å². The van der Waals surface area contributed by atoms with Crippen LogP contribution in [-0.4, -0.2) is 17.6 Å². The summed E-state index contributed by atoms with van der Waals surface area (Å²) in [4.78, 5) is 12.0. The summed E-state index contributed by atoms with van der Waals surface area (Å²) >= 11 is 0. The summed E-state index contributed by atoms with van der Waals surface area (Å²) in [5, 5.41) is 12.9. The lowest BCUT2D eigenvalue weighted by atomic mass is 9.89. The molecule has 2 aromatic rings. The smallest absolute Gasteiger partial charge is 0.262 e. The maximum absolute atomic E-state index is 12.0. The number of amides is 1. The van der Waals surface area contributed by atoms with Gasteiger partial charge in [0, 0.05) is 5.69 Å². The number of aliphatic hydroxyl groups is 1. The Bertz CT molecular complexity index is 694. The van der Waals surface area contributed by atoms with Crippen LogP contribution < -0.4 is 10.1 Å². The van der Waals surface area contributed by atoms with Gasteiger partial charge in [-0.25, -0.2) is 0 Å². The molecule has 0 unspecified atom stereocenters. The Morgan fingerprint density at radius 2 is 2.04 bits per heavy atom. The predicted molar refractivity (Wildman–Crippen MR) is 89.6 cm³/mol. The first kappa shape index (κ1) is 15.6. The van der Waals surface area contributed by atoms with Crippen LogP contribution >= 0.6 is 0 Å². The van der Waals surface area contributed by atoms with E-state index in [1.165, 1.54) is 0 Å². The lowest BCUT2D eigenvalue weighted by Crippen LogP contribution is -2.21. The van der Waals surface area contributed by atoms with E-state index >= 15 is 0 Å². The average Bonchev–Trinajstić information content (AvgIpc) is 2.55. The van der Waals surface area contributed by atoms with Crippen LogP contribution in [0, 0.1) is 6.92 Å². The predicted octanol–water partition coefficient (Wildman–Crippen LogP) is 3.38. The van der Waals surface area contributed by atoms with Gasteiger partial charge in [-0.1, -0.05) is 29.8 Å². The Kier molecular flexibility index (Phi) is 4.63. The van der Waals surface area contributed by atoms with Crippen LogP contribution in [0.1, 0.15) is 35.6 Å². The summed E-state index contributed by atoms with van der Waals surface area (Å²) in [6.07, 6.45) is 2.17. The highest BCUT2D eigenvalue weighted by atomic mass is 16.5. The van der Waals surface area contributed by atoms with Gasteiger partial charge in [0.1, 0.15) is 5.75 Å². The number of carbonyl (C=O) groups is 1. The first-order valence-electron chi connectivity index (χ1n) is 7.92. The molecule has 1 aliphatic carbocycles. The highest BCUT2D eigenvalue weighted by Crippen LogP contribution is 2.35. The number of hydrogen-bond donors (Lipinski definition) is 2. The van der Waals surface area contributed by atoms with E-state index < -0.39 is 6.10 Å². The number of fused-ring (bicyclic) bond motifs is 1. The minimum absolute atomic E-state index is 0.0412. The summed E-state index contributed by atoms with van der Waals surface area (Å²) in [7, 11) is 0. The molecule has 4 heteroatoms. The van der Waals surface area contributed by atoms with Crippen LogP contribution in [0.2, 0.25) is 0 Å². The molecule has 0 aliphatic heterocycles. The Hall–Kier alpha value is -2.33. The van der Waals surface area contributed by atoms with E-state index in [4.69, 9.17) is 4.74 Å². The molecular formula is C19H21NO3. The third-order valence-electron chi connectivity index (χ3n) is 4.13. The molecule has 1 aliphatic rings. The molecule has 0 aromatic heterocycles. The first-order valence-corrected chi connectivity index (χ1v) is 7.92. The highest BCUT2D eigenvalue weighted by molar-refractivity contribution is 5.91. The Morgan fingerprint density at radius 3 is 2.83 bits per heavy atom. The van der Waals surface area contributed by atoms with Gasteiger partial charge in [0.05, 0.1) is 6.10 Å². The molecule has 3 rings (SSSR count). The van der Waals surface area contributed by atoms with E-state index in [2.05, 4.69) is 5.32 Å². The molecule has 1 atom stereocenters. The van der Waals surface area contributed by atoms with E-state index in [0.29, 0.717) is 5.75 Å². The highest BCUT2D eigenvalue weighted by Gasteiger charge is 2.21. The second kappa shape index (κ2) is 6.84. The van der Waals surface area contributed by atoms with Crippen molar-refractivity contribution in [3.8, 4) is 5.75 Å². The maximum Gasteiger partial charge on any atom is 0.262 e. The van der Waals surface area contributed by atoms with Crippen molar-refractivity contribution in [2.45, 2.75) is 32.3 Å². The number of benzene rings is 2. The van der Waals surface area contributed by atoms with Crippen molar-refractivity contribution in [1.29, 1.82) is 0 Å². The minimum Gasteiger partial charge on any atom is -0.483 e. The molecule has 4 nitrogen and oxygen atoms in total. The fraction of sp³-hybridized carbons (Fsp3) is 0.316. The van der Waals surface area contributed by atoms with Gasteiger partial charge in [-0.15, -0.1) is 0 Å². The molecule has 0 saturated heterocycles. The number of anilines is 1. The lowest BCUT2D eigenvalue weighted by molar-refractivity contribution is -0.118. The molecule has 0 fully saturated rings. The van der Waals surface area contributed by atoms with Gasteiger partial charge in [0.2, 0.25) is 0 Å². The topological polar surface area (TPSA) is 58.6 Å². The SMILES string of the molecule is Cc1ccc(NC(=O)COc2cccc3c2CCC[C@@H]3O)cc1. The van der Waals surface area contributed by atoms with E-state index in [0.717, 1.165) is 41.6 Å². The Labute approximate surface area is 136 Å². The largest absolute Gasteiger partial charge is 0.483 e. The maximum atomic E-state index is 12.0. The van der Waals surface area contributed by atoms with Gasteiger partial charge >= 0.3 is 0 Å². The summed E-state index contributed by atoms with van der Waals surface area (Å²) in [5.41, 5.74) is 3.85. The summed E-state index contributed by atoms with van der Waals surface area (Å²) in [6.45, 7) is 1.96. The van der Waals surface area contributed by atoms with Crippen molar-refractivity contribution in [2.24, 2.45) is 0 Å². The number of aliphatic hydroxyl groups excluding tert-OH is 1. The van der Waals surface area contributed by atoms with Crippen LogP contribution in [0.4, 0.5) is 5.69 Å². The van der Waals surface area contributed by atoms with Gasteiger partial charge in [0.25, 0.3) is 5.91 Å². The second-order valence-electron chi connectivity index (χ2n) is 5.93. The zero-order valence-electron chi connectivity index (χ0n) is 13.2. The molecule has 0 spiro atoms. The number of hydrogen-bond acceptors (Lipinski definition) is 3. The van der Waals surface area contributed by atoms with Crippen molar-refractivity contribution in [3.63, 3.8) is 0 Å². The second-order valence-corrected chi connectivity index (χ2v) is 5.93. The molecule has 2 N–H and O–H groups in total. The number of nitrogens with one attached hydrogen (secondary N) is 1. The Morgan fingerprint density at radius 1 is 1.26 bits per heavy atom. The van der Waals surface area contributed by atoms with Gasteiger partial charge < -0.3 is 15.2 Å². The van der Waals surface area contributed by atoms with E-state index in [9.17, 15) is 9.90 Å². The van der Waals surface area contributed by atoms with Gasteiger partial charge in [-0.2, -0.15) is 0 Å². The zero-order chi connectivity index (χ0) is 16.2. The quantitative estimate of drug-likeness (QED) is 0.910. The van der Waals surface area contributed by atoms with E-state index in [1.54, 1.807) is 0 Å². The first-order chi connectivity index (χ1) is 11.1. The fourth-order valence-corrected chi connectivity index (χ4v) is 2.90. The zero-order valence-corrected chi connectivity index (χ0v) is 13.2.